The Hall–Kier alpha value is -2.16. The highest BCUT2D eigenvalue weighted by molar-refractivity contribution is 7.12. The van der Waals surface area contributed by atoms with Gasteiger partial charge in [0.15, 0.2) is 0 Å². The molecule has 0 saturated heterocycles. The molecular weight excluding hydrogens is 287 g/mol. The van der Waals surface area contributed by atoms with Crippen molar-refractivity contribution in [1.29, 1.82) is 0 Å². The van der Waals surface area contributed by atoms with E-state index >= 15 is 0 Å². The van der Waals surface area contributed by atoms with Crippen molar-refractivity contribution < 1.29 is 9.18 Å². The van der Waals surface area contributed by atoms with Gasteiger partial charge in [-0.05, 0) is 35.6 Å². The standard InChI is InChI=1S/C16H13FN2OS/c17-13-4-3-11-5-8-19(14(11)10-13)16(20)15-12(2-1-7-18)6-9-21-15/h3-4,6,9-10H,5,7-8,18H2. The molecule has 1 aliphatic heterocycles. The van der Waals surface area contributed by atoms with Crippen molar-refractivity contribution in [1.82, 2.24) is 0 Å². The Morgan fingerprint density at radius 3 is 3.10 bits per heavy atom. The lowest BCUT2D eigenvalue weighted by Gasteiger charge is -2.16. The normalized spacial score (nSPS) is 12.8. The lowest BCUT2D eigenvalue weighted by Crippen LogP contribution is -2.28. The van der Waals surface area contributed by atoms with Gasteiger partial charge >= 0.3 is 0 Å². The number of hydrogen-bond donors (Lipinski definition) is 1. The van der Waals surface area contributed by atoms with Crippen molar-refractivity contribution in [3.05, 3.63) is 51.5 Å². The van der Waals surface area contributed by atoms with E-state index < -0.39 is 0 Å². The molecule has 0 unspecified atom stereocenters. The summed E-state index contributed by atoms with van der Waals surface area (Å²) in [5.74, 6) is 5.21. The van der Waals surface area contributed by atoms with Gasteiger partial charge in [0.1, 0.15) is 10.7 Å². The molecule has 2 heterocycles. The summed E-state index contributed by atoms with van der Waals surface area (Å²) in [7, 11) is 0. The number of thiophene rings is 1. The fraction of sp³-hybridized carbons (Fsp3) is 0.188. The first-order chi connectivity index (χ1) is 10.2. The lowest BCUT2D eigenvalue weighted by molar-refractivity contribution is 0.0993. The van der Waals surface area contributed by atoms with Gasteiger partial charge in [-0.1, -0.05) is 17.9 Å². The number of nitrogens with two attached hydrogens (primary N) is 1. The Kier molecular flexibility index (Phi) is 3.74. The Labute approximate surface area is 126 Å². The van der Waals surface area contributed by atoms with Gasteiger partial charge in [-0.15, -0.1) is 11.3 Å². The third kappa shape index (κ3) is 2.56. The Morgan fingerprint density at radius 2 is 2.29 bits per heavy atom. The van der Waals surface area contributed by atoms with E-state index in [1.165, 1.54) is 23.5 Å². The molecule has 0 spiro atoms. The highest BCUT2D eigenvalue weighted by Gasteiger charge is 2.27. The lowest BCUT2D eigenvalue weighted by atomic mass is 10.1. The molecule has 106 valence electrons. The Balaban J connectivity index is 1.95. The van der Waals surface area contributed by atoms with Crippen LogP contribution in [-0.2, 0) is 6.42 Å². The monoisotopic (exact) mass is 300 g/mol. The zero-order valence-corrected chi connectivity index (χ0v) is 12.0. The molecule has 0 aliphatic carbocycles. The van der Waals surface area contributed by atoms with Gasteiger partial charge in [-0.3, -0.25) is 4.79 Å². The van der Waals surface area contributed by atoms with Crippen LogP contribution >= 0.6 is 11.3 Å². The summed E-state index contributed by atoms with van der Waals surface area (Å²) in [4.78, 5) is 14.9. The molecule has 1 aliphatic rings. The molecule has 3 rings (SSSR count). The molecule has 0 bridgehead atoms. The average Bonchev–Trinajstić information content (AvgIpc) is 3.10. The summed E-state index contributed by atoms with van der Waals surface area (Å²) in [6.07, 6.45) is 0.747. The molecule has 5 heteroatoms. The van der Waals surface area contributed by atoms with E-state index in [4.69, 9.17) is 5.73 Å². The Bertz CT molecular complexity index is 757. The molecular formula is C16H13FN2OS. The van der Waals surface area contributed by atoms with E-state index in [1.807, 2.05) is 11.4 Å². The second-order valence-electron chi connectivity index (χ2n) is 4.65. The maximum absolute atomic E-state index is 13.4. The summed E-state index contributed by atoms with van der Waals surface area (Å²) in [5.41, 5.74) is 7.70. The quantitative estimate of drug-likeness (QED) is 0.822. The predicted octanol–water partition coefficient (Wildman–Crippen LogP) is 2.40. The minimum Gasteiger partial charge on any atom is -0.320 e. The van der Waals surface area contributed by atoms with Crippen molar-refractivity contribution in [3.8, 4) is 11.8 Å². The van der Waals surface area contributed by atoms with Crippen molar-refractivity contribution in [2.75, 3.05) is 18.0 Å². The number of fused-ring (bicyclic) bond motifs is 1. The minimum atomic E-state index is -0.331. The van der Waals surface area contributed by atoms with Gasteiger partial charge in [0.25, 0.3) is 5.91 Å². The largest absolute Gasteiger partial charge is 0.320 e. The van der Waals surface area contributed by atoms with E-state index in [1.54, 1.807) is 11.0 Å². The van der Waals surface area contributed by atoms with Crippen LogP contribution in [0.5, 0.6) is 0 Å². The highest BCUT2D eigenvalue weighted by atomic mass is 32.1. The molecule has 0 fully saturated rings. The van der Waals surface area contributed by atoms with Crippen LogP contribution in [0, 0.1) is 17.7 Å². The maximum atomic E-state index is 13.4. The number of benzene rings is 1. The molecule has 0 radical (unpaired) electrons. The number of rotatable bonds is 1. The van der Waals surface area contributed by atoms with Crippen LogP contribution in [0.3, 0.4) is 0 Å². The zero-order valence-electron chi connectivity index (χ0n) is 11.2. The van der Waals surface area contributed by atoms with Crippen LogP contribution in [0.4, 0.5) is 10.1 Å². The predicted molar refractivity (Wildman–Crippen MR) is 82.0 cm³/mol. The number of anilines is 1. The van der Waals surface area contributed by atoms with Crippen LogP contribution in [-0.4, -0.2) is 19.0 Å². The number of amides is 1. The molecule has 21 heavy (non-hydrogen) atoms. The fourth-order valence-corrected chi connectivity index (χ4v) is 3.20. The molecule has 0 atom stereocenters. The van der Waals surface area contributed by atoms with Crippen LogP contribution in [0.15, 0.2) is 29.6 Å². The Morgan fingerprint density at radius 1 is 1.43 bits per heavy atom. The summed E-state index contributed by atoms with van der Waals surface area (Å²) in [6.45, 7) is 0.820. The van der Waals surface area contributed by atoms with Gasteiger partial charge in [-0.25, -0.2) is 4.39 Å². The maximum Gasteiger partial charge on any atom is 0.269 e. The van der Waals surface area contributed by atoms with Gasteiger partial charge in [0, 0.05) is 12.1 Å². The van der Waals surface area contributed by atoms with Crippen LogP contribution < -0.4 is 10.6 Å². The van der Waals surface area contributed by atoms with Crippen molar-refractivity contribution in [2.24, 2.45) is 5.73 Å². The smallest absolute Gasteiger partial charge is 0.269 e. The summed E-state index contributed by atoms with van der Waals surface area (Å²) < 4.78 is 13.4. The molecule has 0 saturated carbocycles. The third-order valence-electron chi connectivity index (χ3n) is 3.37. The van der Waals surface area contributed by atoms with E-state index in [2.05, 4.69) is 11.8 Å². The van der Waals surface area contributed by atoms with Crippen molar-refractivity contribution >= 4 is 22.9 Å². The first kappa shape index (κ1) is 13.8. The zero-order chi connectivity index (χ0) is 14.8. The summed E-state index contributed by atoms with van der Waals surface area (Å²) in [6, 6.07) is 6.39. The van der Waals surface area contributed by atoms with E-state index in [0.717, 1.165) is 12.0 Å². The molecule has 2 N–H and O–H groups in total. The average molecular weight is 300 g/mol. The van der Waals surface area contributed by atoms with Gasteiger partial charge < -0.3 is 10.6 Å². The van der Waals surface area contributed by atoms with Crippen molar-refractivity contribution in [3.63, 3.8) is 0 Å². The van der Waals surface area contributed by atoms with Gasteiger partial charge in [0.2, 0.25) is 0 Å². The third-order valence-corrected chi connectivity index (χ3v) is 4.28. The van der Waals surface area contributed by atoms with Crippen LogP contribution in [0.25, 0.3) is 0 Å². The van der Waals surface area contributed by atoms with Crippen LogP contribution in [0.1, 0.15) is 20.8 Å². The van der Waals surface area contributed by atoms with Gasteiger partial charge in [-0.2, -0.15) is 0 Å². The fourth-order valence-electron chi connectivity index (χ4n) is 2.41. The number of nitrogens with zero attached hydrogens (tertiary/aromatic N) is 1. The molecule has 3 nitrogen and oxygen atoms in total. The SMILES string of the molecule is NCC#Cc1ccsc1C(=O)N1CCc2ccc(F)cc21. The first-order valence-corrected chi connectivity index (χ1v) is 7.45. The van der Waals surface area contributed by atoms with Crippen molar-refractivity contribution in [2.45, 2.75) is 6.42 Å². The summed E-state index contributed by atoms with van der Waals surface area (Å²) >= 11 is 1.35. The van der Waals surface area contributed by atoms with Crippen LogP contribution in [0.2, 0.25) is 0 Å². The number of carbonyl (C=O) groups excluding carboxylic acids is 1. The second kappa shape index (κ2) is 5.68. The number of hydrogen-bond acceptors (Lipinski definition) is 3. The minimum absolute atomic E-state index is 0.129. The first-order valence-electron chi connectivity index (χ1n) is 6.57. The number of carbonyl (C=O) groups is 1. The molecule has 1 amide bonds. The topological polar surface area (TPSA) is 46.3 Å². The van der Waals surface area contributed by atoms with E-state index in [9.17, 15) is 9.18 Å². The molecule has 2 aromatic rings. The second-order valence-corrected chi connectivity index (χ2v) is 5.57. The molecule has 1 aromatic heterocycles. The van der Waals surface area contributed by atoms with Gasteiger partial charge in [0.05, 0.1) is 12.2 Å². The summed E-state index contributed by atoms with van der Waals surface area (Å²) in [5, 5.41) is 1.83. The number of halogens is 1. The highest BCUT2D eigenvalue weighted by Crippen LogP contribution is 2.31. The molecule has 1 aromatic carbocycles. The van der Waals surface area contributed by atoms with E-state index in [-0.39, 0.29) is 18.3 Å². The van der Waals surface area contributed by atoms with E-state index in [0.29, 0.717) is 22.7 Å².